The first kappa shape index (κ1) is 12.2. The molecule has 0 unspecified atom stereocenters. The van der Waals surface area contributed by atoms with Gasteiger partial charge in [0, 0.05) is 35.4 Å². The minimum absolute atomic E-state index is 0.938. The summed E-state index contributed by atoms with van der Waals surface area (Å²) in [5.41, 5.74) is 5.50. The molecule has 0 radical (unpaired) electrons. The molecule has 4 rings (SSSR count). The van der Waals surface area contributed by atoms with Gasteiger partial charge in [0.15, 0.2) is 11.9 Å². The molecule has 0 aliphatic rings. The van der Waals surface area contributed by atoms with Gasteiger partial charge in [0.1, 0.15) is 11.2 Å². The van der Waals surface area contributed by atoms with Gasteiger partial charge in [0.05, 0.1) is 6.07 Å². The highest BCUT2D eigenvalue weighted by Gasteiger charge is 2.16. The molecule has 2 nitrogen and oxygen atoms in total. The molecule has 4 aromatic rings. The van der Waals surface area contributed by atoms with Crippen molar-refractivity contribution in [2.75, 3.05) is 0 Å². The summed E-state index contributed by atoms with van der Waals surface area (Å²) in [6, 6.07) is 18.8. The maximum absolute atomic E-state index is 6.00. The van der Waals surface area contributed by atoms with E-state index < -0.39 is 0 Å². The Balaban J connectivity index is 2.06. The van der Waals surface area contributed by atoms with Gasteiger partial charge >= 0.3 is 0 Å². The highest BCUT2D eigenvalue weighted by molar-refractivity contribution is 6.05. The van der Waals surface area contributed by atoms with E-state index in [1.165, 1.54) is 27.7 Å². The zero-order valence-electron chi connectivity index (χ0n) is 12.1. The van der Waals surface area contributed by atoms with Crippen LogP contribution in [0.2, 0.25) is 0 Å². The van der Waals surface area contributed by atoms with Crippen molar-refractivity contribution < 1.29 is 8.98 Å². The second-order valence-corrected chi connectivity index (χ2v) is 5.45. The van der Waals surface area contributed by atoms with Crippen LogP contribution in [0.25, 0.3) is 27.6 Å². The largest absolute Gasteiger partial charge is 0.456 e. The highest BCUT2D eigenvalue weighted by atomic mass is 16.3. The fourth-order valence-electron chi connectivity index (χ4n) is 2.93. The van der Waals surface area contributed by atoms with E-state index in [0.717, 1.165) is 11.2 Å². The quantitative estimate of drug-likeness (QED) is 0.468. The van der Waals surface area contributed by atoms with E-state index in [0.29, 0.717) is 0 Å². The van der Waals surface area contributed by atoms with Gasteiger partial charge < -0.3 is 4.42 Å². The van der Waals surface area contributed by atoms with Crippen LogP contribution in [0.4, 0.5) is 0 Å². The smallest absolute Gasteiger partial charge is 0.217 e. The molecule has 2 heterocycles. The predicted molar refractivity (Wildman–Crippen MR) is 84.7 cm³/mol. The lowest BCUT2D eigenvalue weighted by atomic mass is 10.1. The SMILES string of the molecule is Cc1cc2c(cc1-[n+]1ccccc1C)oc1ccccc12. The van der Waals surface area contributed by atoms with Gasteiger partial charge in [-0.25, -0.2) is 0 Å². The van der Waals surface area contributed by atoms with Crippen LogP contribution in [-0.4, -0.2) is 0 Å². The summed E-state index contributed by atoms with van der Waals surface area (Å²) in [5.74, 6) is 0. The summed E-state index contributed by atoms with van der Waals surface area (Å²) in [4.78, 5) is 0. The topological polar surface area (TPSA) is 17.0 Å². The van der Waals surface area contributed by atoms with Gasteiger partial charge in [0.2, 0.25) is 5.69 Å². The second-order valence-electron chi connectivity index (χ2n) is 5.45. The van der Waals surface area contributed by atoms with Crippen molar-refractivity contribution in [2.24, 2.45) is 0 Å². The standard InChI is InChI=1S/C19H16NO/c1-13-11-16-15-8-3-4-9-18(15)21-19(16)12-17(13)20-10-6-5-7-14(20)2/h3-12H,1-2H3/q+1. The third-order valence-corrected chi connectivity index (χ3v) is 4.02. The van der Waals surface area contributed by atoms with Crippen LogP contribution in [-0.2, 0) is 0 Å². The van der Waals surface area contributed by atoms with Crippen LogP contribution in [0, 0.1) is 13.8 Å². The van der Waals surface area contributed by atoms with Crippen LogP contribution in [0.5, 0.6) is 0 Å². The maximum atomic E-state index is 6.00. The number of hydrogen-bond acceptors (Lipinski definition) is 1. The first-order valence-electron chi connectivity index (χ1n) is 7.13. The van der Waals surface area contributed by atoms with Crippen LogP contribution >= 0.6 is 0 Å². The third kappa shape index (κ3) is 1.83. The number of furan rings is 1. The number of rotatable bonds is 1. The van der Waals surface area contributed by atoms with Crippen molar-refractivity contribution in [3.63, 3.8) is 0 Å². The molecule has 2 heteroatoms. The number of para-hydroxylation sites is 1. The van der Waals surface area contributed by atoms with E-state index in [9.17, 15) is 0 Å². The number of aromatic nitrogens is 1. The Morgan fingerprint density at radius 1 is 0.810 bits per heavy atom. The van der Waals surface area contributed by atoms with Gasteiger partial charge in [0.25, 0.3) is 0 Å². The molecule has 2 aromatic carbocycles. The Labute approximate surface area is 123 Å². The molecule has 0 saturated heterocycles. The Morgan fingerprint density at radius 3 is 2.48 bits per heavy atom. The zero-order valence-corrected chi connectivity index (χ0v) is 12.1. The molecular weight excluding hydrogens is 258 g/mol. The normalized spacial score (nSPS) is 11.3. The summed E-state index contributed by atoms with van der Waals surface area (Å²) in [6.07, 6.45) is 2.09. The van der Waals surface area contributed by atoms with Crippen LogP contribution < -0.4 is 4.57 Å². The van der Waals surface area contributed by atoms with Gasteiger partial charge in [-0.3, -0.25) is 0 Å². The second kappa shape index (κ2) is 4.45. The van der Waals surface area contributed by atoms with Crippen molar-refractivity contribution in [3.05, 3.63) is 72.1 Å². The zero-order chi connectivity index (χ0) is 14.4. The Kier molecular flexibility index (Phi) is 2.58. The first-order valence-corrected chi connectivity index (χ1v) is 7.13. The molecule has 0 spiro atoms. The lowest BCUT2D eigenvalue weighted by molar-refractivity contribution is -0.603. The number of fused-ring (bicyclic) bond motifs is 3. The molecule has 0 atom stereocenters. The van der Waals surface area contributed by atoms with Crippen molar-refractivity contribution in [1.29, 1.82) is 0 Å². The number of benzene rings is 2. The molecule has 2 aromatic heterocycles. The summed E-state index contributed by atoms with van der Waals surface area (Å²) < 4.78 is 8.19. The molecule has 0 amide bonds. The summed E-state index contributed by atoms with van der Waals surface area (Å²) in [7, 11) is 0. The van der Waals surface area contributed by atoms with Gasteiger partial charge in [-0.1, -0.05) is 24.3 Å². The Bertz CT molecular complexity index is 966. The number of pyridine rings is 1. The minimum Gasteiger partial charge on any atom is -0.456 e. The average Bonchev–Trinajstić information content (AvgIpc) is 2.85. The molecule has 0 saturated carbocycles. The van der Waals surface area contributed by atoms with Crippen molar-refractivity contribution in [3.8, 4) is 5.69 Å². The number of nitrogens with zero attached hydrogens (tertiary/aromatic N) is 1. The van der Waals surface area contributed by atoms with E-state index in [2.05, 4.69) is 67.1 Å². The van der Waals surface area contributed by atoms with E-state index >= 15 is 0 Å². The molecule has 0 aliphatic carbocycles. The lowest BCUT2D eigenvalue weighted by Gasteiger charge is -2.02. The molecule has 0 aliphatic heterocycles. The van der Waals surface area contributed by atoms with Crippen molar-refractivity contribution in [2.45, 2.75) is 13.8 Å². The lowest BCUT2D eigenvalue weighted by Crippen LogP contribution is -2.34. The number of aryl methyl sites for hydroxylation is 2. The molecule has 0 bridgehead atoms. The van der Waals surface area contributed by atoms with Gasteiger partial charge in [-0.15, -0.1) is 0 Å². The van der Waals surface area contributed by atoms with Crippen LogP contribution in [0.3, 0.4) is 0 Å². The Hall–Kier alpha value is -2.61. The molecule has 102 valence electrons. The summed E-state index contributed by atoms with van der Waals surface area (Å²) in [5, 5.41) is 2.36. The van der Waals surface area contributed by atoms with E-state index in [-0.39, 0.29) is 0 Å². The molecule has 21 heavy (non-hydrogen) atoms. The van der Waals surface area contributed by atoms with Crippen LogP contribution in [0.1, 0.15) is 11.3 Å². The van der Waals surface area contributed by atoms with E-state index in [1.807, 2.05) is 12.1 Å². The minimum atomic E-state index is 0.938. The summed E-state index contributed by atoms with van der Waals surface area (Å²) >= 11 is 0. The van der Waals surface area contributed by atoms with Gasteiger partial charge in [-0.05, 0) is 19.1 Å². The third-order valence-electron chi connectivity index (χ3n) is 4.02. The average molecular weight is 274 g/mol. The first-order chi connectivity index (χ1) is 10.2. The monoisotopic (exact) mass is 274 g/mol. The summed E-state index contributed by atoms with van der Waals surface area (Å²) in [6.45, 7) is 4.26. The van der Waals surface area contributed by atoms with Crippen molar-refractivity contribution in [1.82, 2.24) is 0 Å². The highest BCUT2D eigenvalue weighted by Crippen LogP contribution is 2.30. The molecule has 0 fully saturated rings. The van der Waals surface area contributed by atoms with E-state index in [4.69, 9.17) is 4.42 Å². The van der Waals surface area contributed by atoms with Crippen molar-refractivity contribution >= 4 is 21.9 Å². The Morgan fingerprint density at radius 2 is 1.62 bits per heavy atom. The number of hydrogen-bond donors (Lipinski definition) is 0. The molecule has 0 N–H and O–H groups in total. The molecular formula is C19H16NO+. The fraction of sp³-hybridized carbons (Fsp3) is 0.105. The van der Waals surface area contributed by atoms with E-state index in [1.54, 1.807) is 0 Å². The fourth-order valence-corrected chi connectivity index (χ4v) is 2.93. The predicted octanol–water partition coefficient (Wildman–Crippen LogP) is 4.48. The van der Waals surface area contributed by atoms with Crippen LogP contribution in [0.15, 0.2) is 65.2 Å². The maximum Gasteiger partial charge on any atom is 0.217 e. The van der Waals surface area contributed by atoms with Gasteiger partial charge in [-0.2, -0.15) is 4.57 Å².